The van der Waals surface area contributed by atoms with Gasteiger partial charge in [0.15, 0.2) is 18.1 Å². The molecule has 0 aliphatic heterocycles. The SMILES string of the molecule is COc1ccc(/C=N\NC(=O)COc2ccc(C34CC5CC(CC(C5)C3)C4)cc2)cc1OC. The Morgan fingerprint density at radius 1 is 0.970 bits per heavy atom. The van der Waals surface area contributed by atoms with Gasteiger partial charge in [0.05, 0.1) is 20.4 Å². The molecule has 4 bridgehead atoms. The first kappa shape index (κ1) is 21.8. The molecule has 1 amide bonds. The van der Waals surface area contributed by atoms with Crippen LogP contribution in [0.25, 0.3) is 0 Å². The molecule has 6 nitrogen and oxygen atoms in total. The highest BCUT2D eigenvalue weighted by atomic mass is 16.5. The zero-order chi connectivity index (χ0) is 22.8. The van der Waals surface area contributed by atoms with Crippen molar-refractivity contribution in [3.05, 3.63) is 53.6 Å². The number of carbonyl (C=O) groups is 1. The summed E-state index contributed by atoms with van der Waals surface area (Å²) in [6, 6.07) is 13.9. The molecule has 0 unspecified atom stereocenters. The fourth-order valence-corrected chi connectivity index (χ4v) is 6.66. The number of hydrogen-bond acceptors (Lipinski definition) is 5. The number of hydrazone groups is 1. The van der Waals surface area contributed by atoms with E-state index in [1.165, 1.54) is 44.1 Å². The van der Waals surface area contributed by atoms with Crippen LogP contribution in [-0.4, -0.2) is 32.9 Å². The monoisotopic (exact) mass is 448 g/mol. The van der Waals surface area contributed by atoms with Gasteiger partial charge in [0, 0.05) is 0 Å². The van der Waals surface area contributed by atoms with Crippen LogP contribution in [0, 0.1) is 17.8 Å². The van der Waals surface area contributed by atoms with Crippen molar-refractivity contribution in [1.82, 2.24) is 5.43 Å². The largest absolute Gasteiger partial charge is 0.493 e. The molecular weight excluding hydrogens is 416 g/mol. The van der Waals surface area contributed by atoms with Crippen LogP contribution < -0.4 is 19.6 Å². The second-order valence-electron chi connectivity index (χ2n) is 9.92. The summed E-state index contributed by atoms with van der Waals surface area (Å²) < 4.78 is 16.2. The predicted octanol–water partition coefficient (Wildman–Crippen LogP) is 4.70. The Balaban J connectivity index is 1.13. The average Bonchev–Trinajstić information content (AvgIpc) is 2.82. The average molecular weight is 449 g/mol. The van der Waals surface area contributed by atoms with Gasteiger partial charge < -0.3 is 14.2 Å². The first-order valence-electron chi connectivity index (χ1n) is 11.8. The van der Waals surface area contributed by atoms with E-state index in [2.05, 4.69) is 22.7 Å². The normalized spacial score (nSPS) is 27.5. The van der Waals surface area contributed by atoms with E-state index in [-0.39, 0.29) is 12.5 Å². The molecule has 4 aliphatic rings. The molecule has 2 aromatic rings. The van der Waals surface area contributed by atoms with Crippen molar-refractivity contribution in [3.63, 3.8) is 0 Å². The van der Waals surface area contributed by atoms with Crippen molar-refractivity contribution in [2.45, 2.75) is 43.9 Å². The lowest BCUT2D eigenvalue weighted by Gasteiger charge is -2.57. The smallest absolute Gasteiger partial charge is 0.277 e. The van der Waals surface area contributed by atoms with Crippen LogP contribution >= 0.6 is 0 Å². The standard InChI is InChI=1S/C27H32N2O4/c1-31-24-8-3-18(12-25(24)32-2)16-28-29-26(30)17-33-23-6-4-22(5-7-23)27-13-19-9-20(14-27)11-21(10-19)15-27/h3-8,12,16,19-21H,9-11,13-15,17H2,1-2H3,(H,29,30)/b28-16-. The van der Waals surface area contributed by atoms with Crippen LogP contribution in [0.15, 0.2) is 47.6 Å². The lowest BCUT2D eigenvalue weighted by Crippen LogP contribution is -2.48. The van der Waals surface area contributed by atoms with E-state index in [1.54, 1.807) is 32.6 Å². The minimum absolute atomic E-state index is 0.0833. The first-order valence-corrected chi connectivity index (χ1v) is 11.8. The molecular formula is C27H32N2O4. The highest BCUT2D eigenvalue weighted by Crippen LogP contribution is 2.60. The molecule has 0 aromatic heterocycles. The van der Waals surface area contributed by atoms with Gasteiger partial charge in [0.25, 0.3) is 5.91 Å². The van der Waals surface area contributed by atoms with Crippen LogP contribution in [0.3, 0.4) is 0 Å². The van der Waals surface area contributed by atoms with Gasteiger partial charge >= 0.3 is 0 Å². The van der Waals surface area contributed by atoms with Crippen LogP contribution in [0.4, 0.5) is 0 Å². The van der Waals surface area contributed by atoms with E-state index in [9.17, 15) is 4.79 Å². The molecule has 6 heteroatoms. The van der Waals surface area contributed by atoms with Gasteiger partial charge in [-0.3, -0.25) is 4.79 Å². The number of benzene rings is 2. The van der Waals surface area contributed by atoms with Gasteiger partial charge in [0.2, 0.25) is 0 Å². The number of nitrogens with one attached hydrogen (secondary N) is 1. The number of rotatable bonds is 8. The topological polar surface area (TPSA) is 69.2 Å². The summed E-state index contributed by atoms with van der Waals surface area (Å²) in [7, 11) is 3.16. The zero-order valence-electron chi connectivity index (χ0n) is 19.4. The van der Waals surface area contributed by atoms with E-state index >= 15 is 0 Å². The second-order valence-corrected chi connectivity index (χ2v) is 9.92. The molecule has 174 valence electrons. The molecule has 0 heterocycles. The van der Waals surface area contributed by atoms with Crippen LogP contribution in [-0.2, 0) is 10.2 Å². The zero-order valence-corrected chi connectivity index (χ0v) is 19.4. The summed E-state index contributed by atoms with van der Waals surface area (Å²) in [6.07, 6.45) is 9.94. The molecule has 4 aliphatic carbocycles. The third-order valence-corrected chi connectivity index (χ3v) is 7.69. The highest BCUT2D eigenvalue weighted by Gasteiger charge is 2.51. The van der Waals surface area contributed by atoms with E-state index in [0.717, 1.165) is 23.3 Å². The molecule has 0 spiro atoms. The maximum Gasteiger partial charge on any atom is 0.277 e. The van der Waals surface area contributed by atoms with E-state index < -0.39 is 0 Å². The summed E-state index contributed by atoms with van der Waals surface area (Å²) in [5, 5.41) is 4.00. The molecule has 33 heavy (non-hydrogen) atoms. The number of hydrogen-bond donors (Lipinski definition) is 1. The Hall–Kier alpha value is -3.02. The molecule has 6 rings (SSSR count). The highest BCUT2D eigenvalue weighted by molar-refractivity contribution is 5.83. The third kappa shape index (κ3) is 4.56. The third-order valence-electron chi connectivity index (χ3n) is 7.69. The number of carbonyl (C=O) groups excluding carboxylic acids is 1. The summed E-state index contributed by atoms with van der Waals surface area (Å²) in [6.45, 7) is -0.0833. The maximum absolute atomic E-state index is 12.1. The molecule has 2 aromatic carbocycles. The van der Waals surface area contributed by atoms with Crippen LogP contribution in [0.5, 0.6) is 17.2 Å². The van der Waals surface area contributed by atoms with Crippen LogP contribution in [0.2, 0.25) is 0 Å². The van der Waals surface area contributed by atoms with Gasteiger partial charge in [-0.25, -0.2) is 5.43 Å². The predicted molar refractivity (Wildman–Crippen MR) is 127 cm³/mol. The molecule has 1 N–H and O–H groups in total. The molecule has 4 fully saturated rings. The second kappa shape index (κ2) is 9.08. The Bertz CT molecular complexity index is 996. The van der Waals surface area contributed by atoms with Crippen molar-refractivity contribution in [2.75, 3.05) is 20.8 Å². The van der Waals surface area contributed by atoms with Gasteiger partial charge in [-0.1, -0.05) is 12.1 Å². The van der Waals surface area contributed by atoms with Crippen LogP contribution in [0.1, 0.15) is 49.7 Å². The minimum Gasteiger partial charge on any atom is -0.493 e. The Labute approximate surface area is 195 Å². The van der Waals surface area contributed by atoms with Gasteiger partial charge in [0.1, 0.15) is 5.75 Å². The van der Waals surface area contributed by atoms with Crippen molar-refractivity contribution >= 4 is 12.1 Å². The molecule has 0 radical (unpaired) electrons. The lowest BCUT2D eigenvalue weighted by molar-refractivity contribution is -0.123. The molecule has 0 saturated heterocycles. The fraction of sp³-hybridized carbons (Fsp3) is 0.481. The Kier molecular flexibility index (Phi) is 6.00. The number of methoxy groups -OCH3 is 2. The molecule has 4 saturated carbocycles. The van der Waals surface area contributed by atoms with E-state index in [0.29, 0.717) is 22.7 Å². The lowest BCUT2D eigenvalue weighted by atomic mass is 9.48. The summed E-state index contributed by atoms with van der Waals surface area (Å²) in [5.74, 6) is 4.43. The molecule has 0 atom stereocenters. The van der Waals surface area contributed by atoms with E-state index in [4.69, 9.17) is 14.2 Å². The van der Waals surface area contributed by atoms with Crippen molar-refractivity contribution < 1.29 is 19.0 Å². The van der Waals surface area contributed by atoms with Crippen molar-refractivity contribution in [1.29, 1.82) is 0 Å². The number of amides is 1. The number of ether oxygens (including phenoxy) is 3. The maximum atomic E-state index is 12.1. The fourth-order valence-electron chi connectivity index (χ4n) is 6.66. The van der Waals surface area contributed by atoms with Gasteiger partial charge in [-0.05, 0) is 103 Å². The summed E-state index contributed by atoms with van der Waals surface area (Å²) in [4.78, 5) is 12.1. The summed E-state index contributed by atoms with van der Waals surface area (Å²) >= 11 is 0. The quantitative estimate of drug-likeness (QED) is 0.469. The summed E-state index contributed by atoms with van der Waals surface area (Å²) in [5.41, 5.74) is 5.12. The van der Waals surface area contributed by atoms with Crippen molar-refractivity contribution in [2.24, 2.45) is 22.9 Å². The van der Waals surface area contributed by atoms with Gasteiger partial charge in [-0.2, -0.15) is 5.10 Å². The Morgan fingerprint density at radius 2 is 1.61 bits per heavy atom. The first-order chi connectivity index (χ1) is 16.1. The Morgan fingerprint density at radius 3 is 2.21 bits per heavy atom. The minimum atomic E-state index is -0.308. The van der Waals surface area contributed by atoms with Crippen molar-refractivity contribution in [3.8, 4) is 17.2 Å². The number of nitrogens with zero attached hydrogens (tertiary/aromatic N) is 1. The van der Waals surface area contributed by atoms with Gasteiger partial charge in [-0.15, -0.1) is 0 Å². The van der Waals surface area contributed by atoms with E-state index in [1.807, 2.05) is 18.2 Å².